The number of nitrogens with two attached hydrogens (primary N) is 1. The lowest BCUT2D eigenvalue weighted by Gasteiger charge is -2.08. The van der Waals surface area contributed by atoms with Crippen LogP contribution in [0, 0.1) is 0 Å². The third-order valence-corrected chi connectivity index (χ3v) is 2.92. The highest BCUT2D eigenvalue weighted by molar-refractivity contribution is 6.35. The maximum atomic E-state index is 11.1. The van der Waals surface area contributed by atoms with E-state index < -0.39 is 5.91 Å². The van der Waals surface area contributed by atoms with E-state index >= 15 is 0 Å². The summed E-state index contributed by atoms with van der Waals surface area (Å²) in [5, 5.41) is 0.206. The number of rotatable bonds is 3. The highest BCUT2D eigenvalue weighted by Gasteiger charge is 2.17. The molecule has 1 heterocycles. The standard InChI is InChI=1S/C11H11Cl2N3O/c1-6(12)11-15-8-4-2-3-7(13)10(8)16(11)5-9(14)17/h2-4,6H,5H2,1H3,(H2,14,17). The molecule has 0 bridgehead atoms. The van der Waals surface area contributed by atoms with Crippen molar-refractivity contribution in [2.75, 3.05) is 0 Å². The van der Waals surface area contributed by atoms with E-state index in [-0.39, 0.29) is 11.9 Å². The number of nitrogens with zero attached hydrogens (tertiary/aromatic N) is 2. The van der Waals surface area contributed by atoms with E-state index in [4.69, 9.17) is 28.9 Å². The van der Waals surface area contributed by atoms with Gasteiger partial charge in [-0.2, -0.15) is 0 Å². The van der Waals surface area contributed by atoms with Gasteiger partial charge in [-0.1, -0.05) is 17.7 Å². The topological polar surface area (TPSA) is 60.9 Å². The number of carbonyl (C=O) groups excluding carboxylic acids is 1. The van der Waals surface area contributed by atoms with Crippen LogP contribution in [0.1, 0.15) is 18.1 Å². The van der Waals surface area contributed by atoms with E-state index in [9.17, 15) is 4.79 Å². The number of para-hydroxylation sites is 1. The second kappa shape index (κ2) is 4.55. The highest BCUT2D eigenvalue weighted by Crippen LogP contribution is 2.28. The van der Waals surface area contributed by atoms with Gasteiger partial charge >= 0.3 is 0 Å². The van der Waals surface area contributed by atoms with Gasteiger partial charge in [-0.15, -0.1) is 11.6 Å². The number of hydrogen-bond acceptors (Lipinski definition) is 2. The van der Waals surface area contributed by atoms with Gasteiger partial charge in [0.2, 0.25) is 5.91 Å². The molecule has 1 amide bonds. The maximum Gasteiger partial charge on any atom is 0.237 e. The van der Waals surface area contributed by atoms with Crippen LogP contribution in [0.5, 0.6) is 0 Å². The first kappa shape index (κ1) is 12.2. The average Bonchev–Trinajstić information content (AvgIpc) is 2.57. The van der Waals surface area contributed by atoms with Crippen molar-refractivity contribution in [3.8, 4) is 0 Å². The molecule has 0 spiro atoms. The zero-order valence-corrected chi connectivity index (χ0v) is 10.7. The minimum atomic E-state index is -0.456. The van der Waals surface area contributed by atoms with Crippen LogP contribution in [0.3, 0.4) is 0 Å². The van der Waals surface area contributed by atoms with Gasteiger partial charge in [0.05, 0.1) is 21.4 Å². The van der Waals surface area contributed by atoms with E-state index in [2.05, 4.69) is 4.98 Å². The van der Waals surface area contributed by atoms with Crippen molar-refractivity contribution in [2.45, 2.75) is 18.8 Å². The van der Waals surface area contributed by atoms with Crippen LogP contribution in [-0.2, 0) is 11.3 Å². The minimum absolute atomic E-state index is 0.0205. The molecule has 0 radical (unpaired) electrons. The van der Waals surface area contributed by atoms with E-state index in [1.807, 2.05) is 6.07 Å². The molecule has 90 valence electrons. The Bertz CT molecular complexity index is 577. The Balaban J connectivity index is 2.73. The smallest absolute Gasteiger partial charge is 0.237 e. The van der Waals surface area contributed by atoms with Gasteiger partial charge in [-0.05, 0) is 19.1 Å². The van der Waals surface area contributed by atoms with E-state index in [1.54, 1.807) is 23.6 Å². The summed E-state index contributed by atoms with van der Waals surface area (Å²) in [5.41, 5.74) is 6.62. The second-order valence-corrected chi connectivity index (χ2v) is 4.81. The number of primary amides is 1. The number of benzene rings is 1. The molecule has 2 N–H and O–H groups in total. The number of halogens is 2. The van der Waals surface area contributed by atoms with Gasteiger partial charge in [0.1, 0.15) is 12.4 Å². The Labute approximate surface area is 108 Å². The molecule has 0 aliphatic heterocycles. The summed E-state index contributed by atoms with van der Waals surface area (Å²) in [4.78, 5) is 15.4. The molecule has 17 heavy (non-hydrogen) atoms. The summed E-state index contributed by atoms with van der Waals surface area (Å²) < 4.78 is 1.66. The molecule has 0 saturated heterocycles. The number of imidazole rings is 1. The van der Waals surface area contributed by atoms with Gasteiger partial charge < -0.3 is 10.3 Å². The number of carbonyl (C=O) groups is 1. The monoisotopic (exact) mass is 271 g/mol. The van der Waals surface area contributed by atoms with Crippen LogP contribution in [0.25, 0.3) is 11.0 Å². The predicted octanol–water partition coefficient (Wildman–Crippen LogP) is 2.47. The second-order valence-electron chi connectivity index (χ2n) is 3.75. The van der Waals surface area contributed by atoms with Crippen LogP contribution >= 0.6 is 23.2 Å². The van der Waals surface area contributed by atoms with E-state index in [0.717, 1.165) is 0 Å². The van der Waals surface area contributed by atoms with Gasteiger partial charge in [-0.25, -0.2) is 4.98 Å². The molecule has 0 aliphatic rings. The Kier molecular flexibility index (Phi) is 3.26. The number of aromatic nitrogens is 2. The zero-order chi connectivity index (χ0) is 12.6. The summed E-state index contributed by atoms with van der Waals surface area (Å²) in [5.74, 6) is 0.136. The number of hydrogen-bond donors (Lipinski definition) is 1. The number of amides is 1. The molecular weight excluding hydrogens is 261 g/mol. The van der Waals surface area contributed by atoms with Crippen LogP contribution in [0.2, 0.25) is 5.02 Å². The van der Waals surface area contributed by atoms with Crippen LogP contribution in [-0.4, -0.2) is 15.5 Å². The third kappa shape index (κ3) is 2.23. The minimum Gasteiger partial charge on any atom is -0.368 e. The molecule has 1 aromatic carbocycles. The fourth-order valence-corrected chi connectivity index (χ4v) is 2.22. The first-order valence-corrected chi connectivity index (χ1v) is 5.89. The number of alkyl halides is 1. The van der Waals surface area contributed by atoms with Crippen molar-refractivity contribution in [3.63, 3.8) is 0 Å². The average molecular weight is 272 g/mol. The van der Waals surface area contributed by atoms with Gasteiger partial charge in [0.25, 0.3) is 0 Å². The van der Waals surface area contributed by atoms with Crippen molar-refractivity contribution < 1.29 is 4.79 Å². The summed E-state index contributed by atoms with van der Waals surface area (Å²) in [7, 11) is 0. The fourth-order valence-electron chi connectivity index (χ4n) is 1.78. The Morgan fingerprint density at radius 2 is 2.29 bits per heavy atom. The van der Waals surface area contributed by atoms with Crippen LogP contribution in [0.4, 0.5) is 0 Å². The molecule has 1 atom stereocenters. The lowest BCUT2D eigenvalue weighted by Crippen LogP contribution is -2.20. The fraction of sp³-hybridized carbons (Fsp3) is 0.273. The highest BCUT2D eigenvalue weighted by atomic mass is 35.5. The summed E-state index contributed by atoms with van der Waals surface area (Å²) in [6, 6.07) is 5.36. The predicted molar refractivity (Wildman–Crippen MR) is 68.2 cm³/mol. The summed E-state index contributed by atoms with van der Waals surface area (Å²) >= 11 is 12.1. The lowest BCUT2D eigenvalue weighted by molar-refractivity contribution is -0.118. The Morgan fingerprint density at radius 1 is 1.59 bits per heavy atom. The SMILES string of the molecule is CC(Cl)c1nc2cccc(Cl)c2n1CC(N)=O. The first-order chi connectivity index (χ1) is 8.00. The molecule has 0 fully saturated rings. The van der Waals surface area contributed by atoms with Crippen LogP contribution < -0.4 is 5.73 Å². The zero-order valence-electron chi connectivity index (χ0n) is 9.15. The van der Waals surface area contributed by atoms with Crippen molar-refractivity contribution in [2.24, 2.45) is 5.73 Å². The quantitative estimate of drug-likeness (QED) is 0.872. The lowest BCUT2D eigenvalue weighted by atomic mass is 10.3. The molecule has 2 aromatic rings. The molecule has 0 aliphatic carbocycles. The molecule has 1 unspecified atom stereocenters. The molecule has 6 heteroatoms. The number of fused-ring (bicyclic) bond motifs is 1. The molecule has 0 saturated carbocycles. The maximum absolute atomic E-state index is 11.1. The van der Waals surface area contributed by atoms with Crippen molar-refractivity contribution >= 4 is 40.1 Å². The third-order valence-electron chi connectivity index (χ3n) is 2.42. The summed E-state index contributed by atoms with van der Waals surface area (Å²) in [6.45, 7) is 1.81. The van der Waals surface area contributed by atoms with Gasteiger partial charge in [0.15, 0.2) is 0 Å². The van der Waals surface area contributed by atoms with Crippen molar-refractivity contribution in [1.82, 2.24) is 9.55 Å². The largest absolute Gasteiger partial charge is 0.368 e. The van der Waals surface area contributed by atoms with Crippen molar-refractivity contribution in [3.05, 3.63) is 29.0 Å². The Hall–Kier alpha value is -1.26. The first-order valence-electron chi connectivity index (χ1n) is 5.07. The molecule has 4 nitrogen and oxygen atoms in total. The van der Waals surface area contributed by atoms with E-state index in [1.165, 1.54) is 0 Å². The molecule has 2 rings (SSSR count). The summed E-state index contributed by atoms with van der Waals surface area (Å²) in [6.07, 6.45) is 0. The van der Waals surface area contributed by atoms with Crippen LogP contribution in [0.15, 0.2) is 18.2 Å². The normalized spacial score (nSPS) is 12.9. The van der Waals surface area contributed by atoms with Gasteiger partial charge in [0, 0.05) is 0 Å². The molecular formula is C11H11Cl2N3O. The molecule has 1 aromatic heterocycles. The van der Waals surface area contributed by atoms with E-state index in [0.29, 0.717) is 21.9 Å². The van der Waals surface area contributed by atoms with Crippen molar-refractivity contribution in [1.29, 1.82) is 0 Å². The Morgan fingerprint density at radius 3 is 2.88 bits per heavy atom. The van der Waals surface area contributed by atoms with Gasteiger partial charge in [-0.3, -0.25) is 4.79 Å².